The highest BCUT2D eigenvalue weighted by Crippen LogP contribution is 2.22. The first-order valence-corrected chi connectivity index (χ1v) is 9.24. The predicted molar refractivity (Wildman–Crippen MR) is 110 cm³/mol. The van der Waals surface area contributed by atoms with Gasteiger partial charge in [0.05, 0.1) is 11.7 Å². The molecule has 138 valence electrons. The molecule has 0 saturated carbocycles. The number of hydrogen-bond acceptors (Lipinski definition) is 2. The van der Waals surface area contributed by atoms with Gasteiger partial charge in [-0.1, -0.05) is 60.7 Å². The molecule has 28 heavy (non-hydrogen) atoms. The maximum absolute atomic E-state index is 12.9. The van der Waals surface area contributed by atoms with Crippen LogP contribution in [-0.2, 0) is 0 Å². The summed E-state index contributed by atoms with van der Waals surface area (Å²) < 4.78 is 1.85. The Morgan fingerprint density at radius 2 is 1.39 bits per heavy atom. The maximum Gasteiger partial charge on any atom is 0.252 e. The fraction of sp³-hybridized carbons (Fsp3) is 0.0833. The van der Waals surface area contributed by atoms with E-state index < -0.39 is 0 Å². The van der Waals surface area contributed by atoms with Crippen LogP contribution >= 0.6 is 0 Å². The summed E-state index contributed by atoms with van der Waals surface area (Å²) >= 11 is 0. The van der Waals surface area contributed by atoms with Crippen LogP contribution in [0, 0.1) is 6.92 Å². The summed E-state index contributed by atoms with van der Waals surface area (Å²) in [5, 5.41) is 7.47. The van der Waals surface area contributed by atoms with Crippen molar-refractivity contribution in [3.8, 4) is 5.69 Å². The van der Waals surface area contributed by atoms with Gasteiger partial charge in [0.15, 0.2) is 0 Å². The second kappa shape index (κ2) is 7.92. The van der Waals surface area contributed by atoms with E-state index in [-0.39, 0.29) is 11.9 Å². The third-order valence-electron chi connectivity index (χ3n) is 4.75. The zero-order valence-corrected chi connectivity index (χ0v) is 15.6. The highest BCUT2D eigenvalue weighted by Gasteiger charge is 2.17. The number of nitrogens with zero attached hydrogens (tertiary/aromatic N) is 2. The van der Waals surface area contributed by atoms with Gasteiger partial charge < -0.3 is 5.32 Å². The van der Waals surface area contributed by atoms with Crippen molar-refractivity contribution in [3.05, 3.63) is 120 Å². The first-order chi connectivity index (χ1) is 13.7. The quantitative estimate of drug-likeness (QED) is 0.556. The average Bonchev–Trinajstić information content (AvgIpc) is 3.19. The van der Waals surface area contributed by atoms with Crippen LogP contribution in [0.15, 0.2) is 97.2 Å². The molecule has 0 unspecified atom stereocenters. The van der Waals surface area contributed by atoms with E-state index in [2.05, 4.69) is 10.4 Å². The van der Waals surface area contributed by atoms with Crippen LogP contribution in [0.5, 0.6) is 0 Å². The molecule has 0 aliphatic carbocycles. The van der Waals surface area contributed by atoms with Gasteiger partial charge in [-0.15, -0.1) is 0 Å². The third-order valence-corrected chi connectivity index (χ3v) is 4.75. The van der Waals surface area contributed by atoms with Crippen LogP contribution in [0.2, 0.25) is 0 Å². The Balaban J connectivity index is 1.59. The molecule has 0 spiro atoms. The molecule has 0 radical (unpaired) electrons. The van der Waals surface area contributed by atoms with E-state index in [0.29, 0.717) is 5.56 Å². The van der Waals surface area contributed by atoms with Gasteiger partial charge in [0.25, 0.3) is 5.91 Å². The zero-order chi connectivity index (χ0) is 19.3. The molecule has 0 saturated heterocycles. The molecule has 0 atom stereocenters. The summed E-state index contributed by atoms with van der Waals surface area (Å²) in [5.74, 6) is -0.110. The van der Waals surface area contributed by atoms with E-state index in [0.717, 1.165) is 22.5 Å². The number of carbonyl (C=O) groups excluding carboxylic acids is 1. The van der Waals surface area contributed by atoms with Crippen molar-refractivity contribution in [2.45, 2.75) is 13.0 Å². The van der Waals surface area contributed by atoms with Gasteiger partial charge in [-0.05, 0) is 48.4 Å². The molecule has 0 bridgehead atoms. The van der Waals surface area contributed by atoms with Gasteiger partial charge >= 0.3 is 0 Å². The van der Waals surface area contributed by atoms with Gasteiger partial charge in [-0.2, -0.15) is 5.10 Å². The smallest absolute Gasteiger partial charge is 0.252 e. The molecule has 4 rings (SSSR count). The Morgan fingerprint density at radius 1 is 0.821 bits per heavy atom. The molecule has 1 N–H and O–H groups in total. The molecule has 1 amide bonds. The highest BCUT2D eigenvalue weighted by atomic mass is 16.1. The fourth-order valence-electron chi connectivity index (χ4n) is 3.26. The van der Waals surface area contributed by atoms with Crippen molar-refractivity contribution >= 4 is 5.91 Å². The fourth-order valence-corrected chi connectivity index (χ4v) is 3.26. The van der Waals surface area contributed by atoms with E-state index in [9.17, 15) is 4.79 Å². The van der Waals surface area contributed by atoms with Crippen LogP contribution in [0.4, 0.5) is 0 Å². The Labute approximate surface area is 164 Å². The largest absolute Gasteiger partial charge is 0.341 e. The lowest BCUT2D eigenvalue weighted by Gasteiger charge is -2.20. The minimum absolute atomic E-state index is 0.110. The van der Waals surface area contributed by atoms with Gasteiger partial charge in [0, 0.05) is 17.5 Å². The normalized spacial score (nSPS) is 10.8. The molecule has 1 aromatic heterocycles. The lowest BCUT2D eigenvalue weighted by atomic mass is 9.98. The molecule has 4 aromatic rings. The minimum atomic E-state index is -0.206. The molecule has 3 aromatic carbocycles. The summed E-state index contributed by atoms with van der Waals surface area (Å²) in [6.45, 7) is 2.00. The van der Waals surface area contributed by atoms with Crippen LogP contribution < -0.4 is 5.32 Å². The van der Waals surface area contributed by atoms with Crippen molar-refractivity contribution in [2.75, 3.05) is 0 Å². The van der Waals surface area contributed by atoms with Crippen LogP contribution in [0.3, 0.4) is 0 Å². The number of rotatable bonds is 5. The van der Waals surface area contributed by atoms with E-state index >= 15 is 0 Å². The number of amides is 1. The number of carbonyl (C=O) groups is 1. The zero-order valence-electron chi connectivity index (χ0n) is 15.6. The number of hydrogen-bond donors (Lipinski definition) is 1. The molecular weight excluding hydrogens is 346 g/mol. The molecular formula is C24H21N3O. The second-order valence-electron chi connectivity index (χ2n) is 6.66. The highest BCUT2D eigenvalue weighted by molar-refractivity contribution is 5.94. The molecule has 0 aliphatic heterocycles. The van der Waals surface area contributed by atoms with Gasteiger partial charge in [-0.3, -0.25) is 4.79 Å². The Kier molecular flexibility index (Phi) is 5.02. The molecule has 4 nitrogen and oxygen atoms in total. The van der Waals surface area contributed by atoms with E-state index in [1.165, 1.54) is 0 Å². The van der Waals surface area contributed by atoms with Crippen molar-refractivity contribution in [3.63, 3.8) is 0 Å². The number of nitrogens with one attached hydrogen (secondary N) is 1. The molecule has 4 heteroatoms. The first kappa shape index (κ1) is 17.7. The van der Waals surface area contributed by atoms with Crippen molar-refractivity contribution < 1.29 is 4.79 Å². The topological polar surface area (TPSA) is 46.9 Å². The Hall–Kier alpha value is -3.66. The monoisotopic (exact) mass is 367 g/mol. The summed E-state index contributed by atoms with van der Waals surface area (Å²) in [7, 11) is 0. The number of aryl methyl sites for hydroxylation is 1. The van der Waals surface area contributed by atoms with Crippen LogP contribution in [0.1, 0.15) is 33.2 Å². The molecule has 0 fully saturated rings. The van der Waals surface area contributed by atoms with Gasteiger partial charge in [0.1, 0.15) is 0 Å². The second-order valence-corrected chi connectivity index (χ2v) is 6.66. The molecule has 0 aliphatic rings. The lowest BCUT2D eigenvalue weighted by Crippen LogP contribution is -2.29. The van der Waals surface area contributed by atoms with Crippen LogP contribution in [-0.4, -0.2) is 15.7 Å². The van der Waals surface area contributed by atoms with E-state index in [1.54, 1.807) is 6.20 Å². The number of aromatic nitrogens is 2. The molecule has 1 heterocycles. The summed E-state index contributed by atoms with van der Waals surface area (Å²) in [6, 6.07) is 29.2. The predicted octanol–water partition coefficient (Wildman–Crippen LogP) is 4.70. The van der Waals surface area contributed by atoms with Crippen LogP contribution in [0.25, 0.3) is 5.69 Å². The van der Waals surface area contributed by atoms with Crippen molar-refractivity contribution in [1.82, 2.24) is 15.1 Å². The Morgan fingerprint density at radius 3 is 1.89 bits per heavy atom. The standard InChI is InChI=1S/C24H21N3O/c1-18-16-17-25-27(18)22-14-12-21(13-15-22)24(28)26-23(19-8-4-2-5-9-19)20-10-6-3-7-11-20/h2-17,23H,1H3,(H,26,28). The maximum atomic E-state index is 12.9. The number of benzene rings is 3. The van der Waals surface area contributed by atoms with E-state index in [1.807, 2.05) is 103 Å². The minimum Gasteiger partial charge on any atom is -0.341 e. The Bertz CT molecular complexity index is 1010. The summed E-state index contributed by atoms with van der Waals surface area (Å²) in [5.41, 5.74) is 4.69. The summed E-state index contributed by atoms with van der Waals surface area (Å²) in [6.07, 6.45) is 1.76. The third kappa shape index (κ3) is 3.71. The van der Waals surface area contributed by atoms with Gasteiger partial charge in [-0.25, -0.2) is 4.68 Å². The first-order valence-electron chi connectivity index (χ1n) is 9.24. The van der Waals surface area contributed by atoms with Crippen molar-refractivity contribution in [1.29, 1.82) is 0 Å². The van der Waals surface area contributed by atoms with E-state index in [4.69, 9.17) is 0 Å². The summed E-state index contributed by atoms with van der Waals surface area (Å²) in [4.78, 5) is 12.9. The SMILES string of the molecule is Cc1ccnn1-c1ccc(C(=O)NC(c2ccccc2)c2ccccc2)cc1. The van der Waals surface area contributed by atoms with Gasteiger partial charge in [0.2, 0.25) is 0 Å². The van der Waals surface area contributed by atoms with Crippen molar-refractivity contribution in [2.24, 2.45) is 0 Å². The average molecular weight is 367 g/mol. The lowest BCUT2D eigenvalue weighted by molar-refractivity contribution is 0.0943.